The maximum absolute atomic E-state index is 12.4. The van der Waals surface area contributed by atoms with Gasteiger partial charge < -0.3 is 15.2 Å². The SMILES string of the molecule is O=C(NC1(C(=O)O)CCSC1)C1=Cc2cc(Br)ccc2OC1. The van der Waals surface area contributed by atoms with E-state index in [1.807, 2.05) is 18.2 Å². The average molecular weight is 384 g/mol. The Hall–Kier alpha value is -1.47. The Bertz CT molecular complexity index is 668. The van der Waals surface area contributed by atoms with Crippen molar-refractivity contribution < 1.29 is 19.4 Å². The lowest BCUT2D eigenvalue weighted by atomic mass is 9.98. The second-order valence-corrected chi connectivity index (χ2v) is 7.31. The maximum Gasteiger partial charge on any atom is 0.330 e. The predicted octanol–water partition coefficient (Wildman–Crippen LogP) is 2.30. The van der Waals surface area contributed by atoms with E-state index in [0.29, 0.717) is 23.5 Å². The number of carbonyl (C=O) groups is 2. The second kappa shape index (κ2) is 5.96. The molecule has 1 aromatic rings. The van der Waals surface area contributed by atoms with Gasteiger partial charge in [0.05, 0.1) is 5.57 Å². The summed E-state index contributed by atoms with van der Waals surface area (Å²) < 4.78 is 6.46. The number of halogens is 1. The van der Waals surface area contributed by atoms with Crippen LogP contribution in [0, 0.1) is 0 Å². The molecule has 2 aliphatic heterocycles. The topological polar surface area (TPSA) is 75.6 Å². The van der Waals surface area contributed by atoms with E-state index in [9.17, 15) is 14.7 Å². The Balaban J connectivity index is 1.82. The number of amides is 1. The molecule has 5 nitrogen and oxygen atoms in total. The predicted molar refractivity (Wildman–Crippen MR) is 88.1 cm³/mol. The monoisotopic (exact) mass is 383 g/mol. The summed E-state index contributed by atoms with van der Waals surface area (Å²) in [6, 6.07) is 5.56. The summed E-state index contributed by atoms with van der Waals surface area (Å²) in [4.78, 5) is 23.9. The van der Waals surface area contributed by atoms with E-state index in [1.165, 1.54) is 11.8 Å². The third-order valence-corrected chi connectivity index (χ3v) is 5.44. The van der Waals surface area contributed by atoms with Gasteiger partial charge >= 0.3 is 5.97 Å². The van der Waals surface area contributed by atoms with Crippen molar-refractivity contribution in [2.45, 2.75) is 12.0 Å². The molecule has 0 aliphatic carbocycles. The van der Waals surface area contributed by atoms with Crippen LogP contribution < -0.4 is 10.1 Å². The summed E-state index contributed by atoms with van der Waals surface area (Å²) in [5.41, 5.74) is 0.0687. The second-order valence-electron chi connectivity index (χ2n) is 5.28. The van der Waals surface area contributed by atoms with Crippen molar-refractivity contribution in [1.29, 1.82) is 0 Å². The molecule has 0 radical (unpaired) electrons. The first-order valence-electron chi connectivity index (χ1n) is 6.77. The molecular weight excluding hydrogens is 370 g/mol. The van der Waals surface area contributed by atoms with Crippen LogP contribution in [0.25, 0.3) is 6.08 Å². The molecule has 0 saturated carbocycles. The summed E-state index contributed by atoms with van der Waals surface area (Å²) in [7, 11) is 0. The molecule has 3 rings (SSSR count). The van der Waals surface area contributed by atoms with Crippen LogP contribution in [-0.2, 0) is 9.59 Å². The van der Waals surface area contributed by atoms with Crippen LogP contribution >= 0.6 is 27.7 Å². The first-order valence-corrected chi connectivity index (χ1v) is 8.71. The number of thioether (sulfide) groups is 1. The largest absolute Gasteiger partial charge is 0.488 e. The van der Waals surface area contributed by atoms with Crippen LogP contribution in [0.1, 0.15) is 12.0 Å². The minimum Gasteiger partial charge on any atom is -0.488 e. The molecule has 1 unspecified atom stereocenters. The van der Waals surface area contributed by atoms with E-state index >= 15 is 0 Å². The Kier molecular flexibility index (Phi) is 4.18. The van der Waals surface area contributed by atoms with E-state index in [-0.39, 0.29) is 12.5 Å². The molecule has 2 aliphatic rings. The van der Waals surface area contributed by atoms with Gasteiger partial charge in [-0.2, -0.15) is 11.8 Å². The van der Waals surface area contributed by atoms with Gasteiger partial charge in [0, 0.05) is 15.8 Å². The Labute approximate surface area is 140 Å². The quantitative estimate of drug-likeness (QED) is 0.837. The highest BCUT2D eigenvalue weighted by molar-refractivity contribution is 9.10. The fourth-order valence-electron chi connectivity index (χ4n) is 2.46. The standard InChI is InChI=1S/C15H14BrNO4S/c16-11-1-2-12-9(6-11)5-10(7-21-12)13(18)17-15(14(19)20)3-4-22-8-15/h1-2,5-6H,3-4,7-8H2,(H,17,18)(H,19,20). The van der Waals surface area contributed by atoms with Gasteiger partial charge in [-0.15, -0.1) is 0 Å². The summed E-state index contributed by atoms with van der Waals surface area (Å²) in [6.07, 6.45) is 2.19. The molecule has 0 spiro atoms. The minimum atomic E-state index is -1.17. The van der Waals surface area contributed by atoms with E-state index in [0.717, 1.165) is 15.8 Å². The van der Waals surface area contributed by atoms with Crippen LogP contribution in [0.3, 0.4) is 0 Å². The maximum atomic E-state index is 12.4. The third kappa shape index (κ3) is 2.87. The molecule has 1 atom stereocenters. The number of carboxylic acid groups (broad SMARTS) is 1. The van der Waals surface area contributed by atoms with Gasteiger partial charge in [0.1, 0.15) is 17.9 Å². The average Bonchev–Trinajstić information content (AvgIpc) is 2.96. The number of carboxylic acids is 1. The number of benzene rings is 1. The molecule has 1 aromatic carbocycles. The molecule has 1 fully saturated rings. The molecule has 7 heteroatoms. The van der Waals surface area contributed by atoms with Gasteiger partial charge in [0.25, 0.3) is 5.91 Å². The van der Waals surface area contributed by atoms with Crippen LogP contribution in [0.2, 0.25) is 0 Å². The Morgan fingerprint density at radius 3 is 2.91 bits per heavy atom. The van der Waals surface area contributed by atoms with Crippen LogP contribution in [-0.4, -0.2) is 40.6 Å². The number of fused-ring (bicyclic) bond motifs is 1. The fraction of sp³-hybridized carbons (Fsp3) is 0.333. The van der Waals surface area contributed by atoms with Crippen molar-refractivity contribution in [3.8, 4) is 5.75 Å². The third-order valence-electron chi connectivity index (χ3n) is 3.76. The van der Waals surface area contributed by atoms with Crippen LogP contribution in [0.5, 0.6) is 5.75 Å². The molecule has 2 heterocycles. The number of hydrogen-bond acceptors (Lipinski definition) is 4. The molecule has 1 saturated heterocycles. The minimum absolute atomic E-state index is 0.142. The fourth-order valence-corrected chi connectivity index (χ4v) is 4.17. The smallest absolute Gasteiger partial charge is 0.330 e. The van der Waals surface area contributed by atoms with Gasteiger partial charge in [-0.1, -0.05) is 15.9 Å². The molecule has 116 valence electrons. The summed E-state index contributed by atoms with van der Waals surface area (Å²) in [6.45, 7) is 0.142. The molecule has 1 amide bonds. The van der Waals surface area contributed by atoms with Crippen molar-refractivity contribution in [2.24, 2.45) is 0 Å². The zero-order valence-electron chi connectivity index (χ0n) is 11.6. The van der Waals surface area contributed by atoms with Gasteiger partial charge in [-0.05, 0) is 36.4 Å². The van der Waals surface area contributed by atoms with Crippen molar-refractivity contribution in [3.05, 3.63) is 33.8 Å². The molecule has 0 bridgehead atoms. The number of rotatable bonds is 3. The molecule has 0 aromatic heterocycles. The number of aliphatic carboxylic acids is 1. The Morgan fingerprint density at radius 2 is 2.23 bits per heavy atom. The number of hydrogen-bond donors (Lipinski definition) is 2. The van der Waals surface area contributed by atoms with Crippen molar-refractivity contribution in [3.63, 3.8) is 0 Å². The van der Waals surface area contributed by atoms with Gasteiger partial charge in [-0.3, -0.25) is 4.79 Å². The summed E-state index contributed by atoms with van der Waals surface area (Å²) in [5.74, 6) is 0.480. The number of carbonyl (C=O) groups excluding carboxylic acids is 1. The zero-order chi connectivity index (χ0) is 15.7. The number of nitrogens with one attached hydrogen (secondary N) is 1. The molecular formula is C15H14BrNO4S. The lowest BCUT2D eigenvalue weighted by Crippen LogP contribution is -2.55. The van der Waals surface area contributed by atoms with Crippen LogP contribution in [0.4, 0.5) is 0 Å². The normalized spacial score (nSPS) is 23.2. The number of ether oxygens (including phenoxy) is 1. The van der Waals surface area contributed by atoms with E-state index in [2.05, 4.69) is 21.2 Å². The lowest BCUT2D eigenvalue weighted by molar-refractivity contribution is -0.145. The van der Waals surface area contributed by atoms with Crippen molar-refractivity contribution in [2.75, 3.05) is 18.1 Å². The summed E-state index contributed by atoms with van der Waals surface area (Å²) in [5, 5.41) is 12.1. The molecule has 2 N–H and O–H groups in total. The molecule has 22 heavy (non-hydrogen) atoms. The van der Waals surface area contributed by atoms with Gasteiger partial charge in [0.2, 0.25) is 0 Å². The summed E-state index contributed by atoms with van der Waals surface area (Å²) >= 11 is 4.92. The highest BCUT2D eigenvalue weighted by Gasteiger charge is 2.43. The van der Waals surface area contributed by atoms with Crippen molar-refractivity contribution >= 4 is 45.6 Å². The van der Waals surface area contributed by atoms with Gasteiger partial charge in [0.15, 0.2) is 0 Å². The first-order chi connectivity index (χ1) is 10.5. The van der Waals surface area contributed by atoms with E-state index in [1.54, 1.807) is 6.08 Å². The van der Waals surface area contributed by atoms with Gasteiger partial charge in [-0.25, -0.2) is 4.79 Å². The van der Waals surface area contributed by atoms with E-state index < -0.39 is 11.5 Å². The van der Waals surface area contributed by atoms with E-state index in [4.69, 9.17) is 4.74 Å². The Morgan fingerprint density at radius 1 is 1.41 bits per heavy atom. The lowest BCUT2D eigenvalue weighted by Gasteiger charge is -2.26. The van der Waals surface area contributed by atoms with Crippen LogP contribution in [0.15, 0.2) is 28.2 Å². The highest BCUT2D eigenvalue weighted by atomic mass is 79.9. The highest BCUT2D eigenvalue weighted by Crippen LogP contribution is 2.31. The zero-order valence-corrected chi connectivity index (χ0v) is 14.0. The first kappa shape index (κ1) is 15.4. The van der Waals surface area contributed by atoms with Crippen molar-refractivity contribution in [1.82, 2.24) is 5.32 Å².